The van der Waals surface area contributed by atoms with Crippen molar-refractivity contribution < 1.29 is 32.0 Å². The first kappa shape index (κ1) is 22.8. The number of amides is 1. The summed E-state index contributed by atoms with van der Waals surface area (Å²) in [6, 6.07) is 8.38. The topological polar surface area (TPSA) is 109 Å². The maximum absolute atomic E-state index is 13.0. The predicted molar refractivity (Wildman–Crippen MR) is 106 cm³/mol. The van der Waals surface area contributed by atoms with Gasteiger partial charge in [0, 0.05) is 12.1 Å². The largest absolute Gasteiger partial charge is 0.471 e. The van der Waals surface area contributed by atoms with E-state index in [0.717, 1.165) is 12.8 Å². The quantitative estimate of drug-likeness (QED) is 0.550. The van der Waals surface area contributed by atoms with E-state index >= 15 is 0 Å². The second-order valence-corrected chi connectivity index (χ2v) is 8.74. The molecule has 2 aliphatic rings. The highest BCUT2D eigenvalue weighted by Crippen LogP contribution is 2.47. The Kier molecular flexibility index (Phi) is 5.64. The number of nitriles is 1. The van der Waals surface area contributed by atoms with Crippen molar-refractivity contribution >= 4 is 11.9 Å². The van der Waals surface area contributed by atoms with Crippen LogP contribution in [0.1, 0.15) is 44.1 Å². The third-order valence-corrected chi connectivity index (χ3v) is 6.00. The third kappa shape index (κ3) is 4.84. The fourth-order valence-electron chi connectivity index (χ4n) is 3.30. The molecule has 1 aromatic heterocycles. The molecule has 1 aromatic carbocycles. The van der Waals surface area contributed by atoms with Crippen LogP contribution in [0.15, 0.2) is 28.8 Å². The lowest BCUT2D eigenvalue weighted by Gasteiger charge is -2.25. The van der Waals surface area contributed by atoms with Crippen LogP contribution in [0.2, 0.25) is 0 Å². The molecule has 0 aliphatic heterocycles. The number of aromatic nitrogens is 2. The Morgan fingerprint density at radius 1 is 1.21 bits per heavy atom. The number of rotatable bonds is 8. The Bertz CT molecular complexity index is 1100. The van der Waals surface area contributed by atoms with Crippen LogP contribution in [0.4, 0.5) is 13.2 Å². The lowest BCUT2D eigenvalue weighted by molar-refractivity contribution is -0.159. The summed E-state index contributed by atoms with van der Waals surface area (Å²) in [5.74, 6) is -2.25. The van der Waals surface area contributed by atoms with Crippen molar-refractivity contribution in [2.75, 3.05) is 13.2 Å². The second kappa shape index (κ2) is 8.17. The van der Waals surface area contributed by atoms with Gasteiger partial charge in [-0.25, -0.2) is 0 Å². The summed E-state index contributed by atoms with van der Waals surface area (Å²) < 4.78 is 47.6. The average Bonchev–Trinajstić information content (AvgIpc) is 3.69. The van der Waals surface area contributed by atoms with Crippen molar-refractivity contribution in [1.82, 2.24) is 15.0 Å². The van der Waals surface area contributed by atoms with Gasteiger partial charge in [-0.15, -0.1) is 0 Å². The van der Waals surface area contributed by atoms with Crippen molar-refractivity contribution in [1.29, 1.82) is 5.26 Å². The van der Waals surface area contributed by atoms with Crippen molar-refractivity contribution in [3.63, 3.8) is 0 Å². The van der Waals surface area contributed by atoms with Gasteiger partial charge in [-0.1, -0.05) is 29.4 Å². The Hall–Kier alpha value is -3.42. The van der Waals surface area contributed by atoms with E-state index in [1.165, 1.54) is 17.0 Å². The van der Waals surface area contributed by atoms with Crippen molar-refractivity contribution in [2.45, 2.75) is 45.3 Å². The second-order valence-electron chi connectivity index (χ2n) is 8.74. The fraction of sp³-hybridized carbons (Fsp3) is 0.500. The Morgan fingerprint density at radius 2 is 1.88 bits per heavy atom. The molecule has 11 heteroatoms. The highest BCUT2D eigenvalue weighted by Gasteiger charge is 2.52. The Labute approximate surface area is 187 Å². The minimum Gasteiger partial charge on any atom is -0.463 e. The molecule has 0 saturated heterocycles. The van der Waals surface area contributed by atoms with Crippen LogP contribution in [0.3, 0.4) is 0 Å². The van der Waals surface area contributed by atoms with Crippen molar-refractivity contribution in [3.8, 4) is 17.5 Å². The number of carbonyl (C=O) groups excluding carboxylic acids is 2. The number of hydrogen-bond acceptors (Lipinski definition) is 7. The van der Waals surface area contributed by atoms with Gasteiger partial charge in [0.25, 0.3) is 0 Å². The lowest BCUT2D eigenvalue weighted by Crippen LogP contribution is -2.39. The molecule has 0 bridgehead atoms. The van der Waals surface area contributed by atoms with E-state index in [9.17, 15) is 28.0 Å². The SMILES string of the molecule is CC1(C(=O)OCCN(Cc2ccc(-c3noc(C(F)(F)F)n3)cc2)C(=O)C2(C#N)CC2)CC1. The molecule has 2 aliphatic carbocycles. The minimum atomic E-state index is -4.73. The molecule has 0 radical (unpaired) electrons. The molecule has 4 rings (SSSR count). The summed E-state index contributed by atoms with van der Waals surface area (Å²) in [7, 11) is 0. The zero-order chi connectivity index (χ0) is 23.9. The van der Waals surface area contributed by atoms with E-state index in [4.69, 9.17) is 4.74 Å². The molecular weight excluding hydrogens is 441 g/mol. The molecule has 1 heterocycles. The monoisotopic (exact) mass is 462 g/mol. The molecule has 8 nitrogen and oxygen atoms in total. The first-order valence-electron chi connectivity index (χ1n) is 10.4. The lowest BCUT2D eigenvalue weighted by atomic mass is 10.1. The summed E-state index contributed by atoms with van der Waals surface area (Å²) in [5.41, 5.74) is -0.472. The molecule has 33 heavy (non-hydrogen) atoms. The maximum Gasteiger partial charge on any atom is 0.471 e. The van der Waals surface area contributed by atoms with Crippen LogP contribution in [0.25, 0.3) is 11.4 Å². The number of halogens is 3. The van der Waals surface area contributed by atoms with Gasteiger partial charge in [-0.2, -0.15) is 23.4 Å². The zero-order valence-electron chi connectivity index (χ0n) is 17.8. The number of benzene rings is 1. The van der Waals surface area contributed by atoms with Gasteiger partial charge in [-0.3, -0.25) is 9.59 Å². The molecule has 0 atom stereocenters. The average molecular weight is 462 g/mol. The normalized spacial score (nSPS) is 17.7. The molecule has 2 saturated carbocycles. The highest BCUT2D eigenvalue weighted by molar-refractivity contribution is 5.88. The van der Waals surface area contributed by atoms with E-state index in [0.29, 0.717) is 24.0 Å². The summed E-state index contributed by atoms with van der Waals surface area (Å²) in [4.78, 5) is 29.9. The van der Waals surface area contributed by atoms with E-state index < -0.39 is 22.9 Å². The molecule has 2 fully saturated rings. The molecule has 1 amide bonds. The maximum atomic E-state index is 13.0. The van der Waals surface area contributed by atoms with E-state index in [2.05, 4.69) is 20.7 Å². The fourth-order valence-corrected chi connectivity index (χ4v) is 3.30. The predicted octanol–water partition coefficient (Wildman–Crippen LogP) is 3.73. The van der Waals surface area contributed by atoms with Crippen LogP contribution in [-0.2, 0) is 27.0 Å². The van der Waals surface area contributed by atoms with Crippen LogP contribution < -0.4 is 0 Å². The zero-order valence-corrected chi connectivity index (χ0v) is 17.8. The number of carbonyl (C=O) groups is 2. The molecule has 0 N–H and O–H groups in total. The van der Waals surface area contributed by atoms with E-state index in [-0.39, 0.29) is 37.4 Å². The van der Waals surface area contributed by atoms with Gasteiger partial charge in [0.05, 0.1) is 18.0 Å². The summed E-state index contributed by atoms with van der Waals surface area (Å²) in [5, 5.41) is 12.8. The van der Waals surface area contributed by atoms with Crippen molar-refractivity contribution in [3.05, 3.63) is 35.7 Å². The number of ether oxygens (including phenoxy) is 1. The van der Waals surface area contributed by atoms with Crippen LogP contribution >= 0.6 is 0 Å². The summed E-state index contributed by atoms with van der Waals surface area (Å²) in [6.07, 6.45) is -2.21. The molecule has 0 spiro atoms. The van der Waals surface area contributed by atoms with Crippen LogP contribution in [0.5, 0.6) is 0 Å². The number of esters is 1. The number of nitrogens with zero attached hydrogens (tertiary/aromatic N) is 4. The third-order valence-electron chi connectivity index (χ3n) is 6.00. The van der Waals surface area contributed by atoms with E-state index in [1.54, 1.807) is 12.1 Å². The smallest absolute Gasteiger partial charge is 0.463 e. The van der Waals surface area contributed by atoms with Gasteiger partial charge >= 0.3 is 18.0 Å². The first-order valence-corrected chi connectivity index (χ1v) is 10.4. The van der Waals surface area contributed by atoms with Gasteiger partial charge in [0.1, 0.15) is 12.0 Å². The Balaban J connectivity index is 1.43. The number of hydrogen-bond donors (Lipinski definition) is 0. The van der Waals surface area contributed by atoms with E-state index in [1.807, 2.05) is 6.92 Å². The molecule has 0 unspecified atom stereocenters. The molecule has 174 valence electrons. The van der Waals surface area contributed by atoms with Gasteiger partial charge < -0.3 is 14.2 Å². The van der Waals surface area contributed by atoms with Crippen LogP contribution in [-0.4, -0.2) is 40.1 Å². The highest BCUT2D eigenvalue weighted by atomic mass is 19.4. The van der Waals surface area contributed by atoms with Gasteiger partial charge in [-0.05, 0) is 38.2 Å². The Morgan fingerprint density at radius 3 is 2.39 bits per heavy atom. The first-order chi connectivity index (χ1) is 15.6. The molecular formula is C22H21F3N4O4. The van der Waals surface area contributed by atoms with Crippen molar-refractivity contribution in [2.24, 2.45) is 10.8 Å². The van der Waals surface area contributed by atoms with Gasteiger partial charge in [0.15, 0.2) is 0 Å². The van der Waals surface area contributed by atoms with Crippen LogP contribution in [0, 0.1) is 22.2 Å². The standard InChI is InChI=1S/C22H21F3N4O4/c1-20(6-7-20)19(31)32-11-10-29(18(30)21(13-26)8-9-21)12-14-2-4-15(5-3-14)16-27-17(33-28-16)22(23,24)25/h2-5H,6-12H2,1H3. The number of alkyl halides is 3. The summed E-state index contributed by atoms with van der Waals surface area (Å²) in [6.45, 7) is 2.13. The summed E-state index contributed by atoms with van der Waals surface area (Å²) >= 11 is 0. The minimum absolute atomic E-state index is 0.0167. The molecule has 2 aromatic rings. The van der Waals surface area contributed by atoms with Gasteiger partial charge in [0.2, 0.25) is 11.7 Å².